The molecule has 0 radical (unpaired) electrons. The largest absolute Gasteiger partial charge is 0.507 e. The monoisotopic (exact) mass is 1110 g/mol. The van der Waals surface area contributed by atoms with Crippen LogP contribution in [0.2, 0.25) is 0 Å². The van der Waals surface area contributed by atoms with E-state index in [0.29, 0.717) is 11.4 Å². The van der Waals surface area contributed by atoms with Gasteiger partial charge >= 0.3 is 0 Å². The van der Waals surface area contributed by atoms with Gasteiger partial charge < -0.3 is 5.11 Å². The van der Waals surface area contributed by atoms with E-state index in [4.69, 9.17) is 12.7 Å². The zero-order chi connectivity index (χ0) is 52.0. The van der Waals surface area contributed by atoms with Gasteiger partial charge in [0.05, 0.1) is 22.3 Å². The Morgan fingerprint density at radius 3 is 1.70 bits per heavy atom. The topological polar surface area (TPSA) is 50.9 Å². The van der Waals surface area contributed by atoms with Gasteiger partial charge in [-0.2, -0.15) is 0 Å². The van der Waals surface area contributed by atoms with Crippen molar-refractivity contribution in [1.82, 2.24) is 14.5 Å². The summed E-state index contributed by atoms with van der Waals surface area (Å²) in [5.74, 6) is -0.812. The molecule has 0 saturated heterocycles. The molecule has 0 bridgehead atoms. The molecule has 0 amide bonds. The number of phenolic OH excluding ortho intramolecular Hbond substituents is 1. The van der Waals surface area contributed by atoms with Crippen molar-refractivity contribution in [3.05, 3.63) is 166 Å². The van der Waals surface area contributed by atoms with Gasteiger partial charge in [-0.15, -0.1) is 29.3 Å². The number of rotatable bonds is 8. The van der Waals surface area contributed by atoms with Crippen LogP contribution in [0.5, 0.6) is 5.75 Å². The molecule has 0 unspecified atom stereocenters. The van der Waals surface area contributed by atoms with Gasteiger partial charge in [-0.1, -0.05) is 195 Å². The second-order valence-electron chi connectivity index (χ2n) is 23.9. The molecule has 0 aliphatic heterocycles. The van der Waals surface area contributed by atoms with Crippen LogP contribution in [0.3, 0.4) is 0 Å². The Kier molecular flexibility index (Phi) is 13.6. The molecule has 0 fully saturated rings. The van der Waals surface area contributed by atoms with E-state index in [0.717, 1.165) is 94.7 Å². The van der Waals surface area contributed by atoms with Crippen molar-refractivity contribution >= 4 is 11.0 Å². The van der Waals surface area contributed by atoms with Crippen molar-refractivity contribution < 1.29 is 28.9 Å². The molecule has 0 atom stereocenters. The molecule has 0 saturated carbocycles. The number of aromatic nitrogens is 3. The number of nitrogens with zero attached hydrogens (tertiary/aromatic N) is 3. The van der Waals surface area contributed by atoms with Crippen molar-refractivity contribution in [2.24, 2.45) is 0 Å². The minimum atomic E-state index is -0.840. The number of fused-ring (bicyclic) bond motifs is 1. The van der Waals surface area contributed by atoms with Crippen LogP contribution in [0.4, 0.5) is 0 Å². The fourth-order valence-corrected chi connectivity index (χ4v) is 9.21. The molecule has 366 valence electrons. The maximum atomic E-state index is 12.5. The fraction of sp³-hybridized carbons (Fsp3) is 0.354. The number of hydrogen-bond donors (Lipinski definition) is 1. The van der Waals surface area contributed by atoms with Gasteiger partial charge in [0.2, 0.25) is 0 Å². The second kappa shape index (κ2) is 19.2. The molecule has 8 rings (SSSR count). The third-order valence-electron chi connectivity index (χ3n) is 13.7. The molecule has 0 aliphatic carbocycles. The second-order valence-corrected chi connectivity index (χ2v) is 23.9. The molecule has 0 aliphatic rings. The summed E-state index contributed by atoms with van der Waals surface area (Å²) in [5.41, 5.74) is 17.6. The maximum Gasteiger partial charge on any atom is 0.148 e. The molecule has 1 N–H and O–H groups in total. The van der Waals surface area contributed by atoms with Crippen LogP contribution in [-0.2, 0) is 42.7 Å². The summed E-state index contributed by atoms with van der Waals surface area (Å²) in [7, 11) is 0. The number of phenols is 1. The summed E-state index contributed by atoms with van der Waals surface area (Å²) < 4.78 is 20.1. The summed E-state index contributed by atoms with van der Waals surface area (Å²) >= 11 is 0. The van der Waals surface area contributed by atoms with Crippen LogP contribution in [0, 0.1) is 13.0 Å². The van der Waals surface area contributed by atoms with E-state index < -0.39 is 11.8 Å². The number of imidazole rings is 1. The predicted octanol–water partition coefficient (Wildman–Crippen LogP) is 18.0. The minimum absolute atomic E-state index is 0. The van der Waals surface area contributed by atoms with E-state index in [-0.39, 0.29) is 48.5 Å². The fourth-order valence-electron chi connectivity index (χ4n) is 9.21. The predicted molar refractivity (Wildman–Crippen MR) is 294 cm³/mol. The van der Waals surface area contributed by atoms with Gasteiger partial charge in [-0.3, -0.25) is 9.55 Å². The quantitative estimate of drug-likeness (QED) is 0.154. The molecular weight excluding hydrogens is 1030 g/mol. The number of hydrogen-bond acceptors (Lipinski definition) is 3. The van der Waals surface area contributed by atoms with Crippen LogP contribution < -0.4 is 0 Å². The van der Waals surface area contributed by atoms with E-state index in [9.17, 15) is 5.11 Å². The Bertz CT molecular complexity index is 3290. The van der Waals surface area contributed by atoms with Crippen LogP contribution in [0.25, 0.3) is 72.7 Å². The number of pyridine rings is 1. The molecule has 8 aromatic rings. The molecule has 0 spiro atoms. The average Bonchev–Trinajstić information content (AvgIpc) is 3.66. The third kappa shape index (κ3) is 10.6. The van der Waals surface area contributed by atoms with Crippen LogP contribution in [0.1, 0.15) is 164 Å². The van der Waals surface area contributed by atoms with Crippen LogP contribution in [0.15, 0.2) is 121 Å². The van der Waals surface area contributed by atoms with E-state index in [1.807, 2.05) is 40.0 Å². The van der Waals surface area contributed by atoms with Crippen molar-refractivity contribution in [3.63, 3.8) is 0 Å². The number of benzene rings is 6. The number of aromatic hydroxyl groups is 1. The van der Waals surface area contributed by atoms with Crippen molar-refractivity contribution in [2.45, 2.75) is 151 Å². The minimum Gasteiger partial charge on any atom is -0.507 e. The summed E-state index contributed by atoms with van der Waals surface area (Å²) in [6.07, 6.45) is 1.90. The molecule has 2 aromatic heterocycles. The summed E-state index contributed by atoms with van der Waals surface area (Å²) in [4.78, 5) is 10.6. The van der Waals surface area contributed by atoms with Gasteiger partial charge in [0.15, 0.2) is 0 Å². The summed E-state index contributed by atoms with van der Waals surface area (Å²) in [6, 6.07) is 44.8. The van der Waals surface area contributed by atoms with Crippen molar-refractivity contribution in [1.29, 1.82) is 0 Å². The molecule has 2 heterocycles. The normalized spacial score (nSPS) is 13.3. The van der Waals surface area contributed by atoms with Crippen LogP contribution >= 0.6 is 0 Å². The third-order valence-corrected chi connectivity index (χ3v) is 13.7. The Morgan fingerprint density at radius 1 is 0.557 bits per heavy atom. The number of para-hydroxylation sites is 1. The Balaban J connectivity index is 0.00000760. The maximum absolute atomic E-state index is 12.5. The first kappa shape index (κ1) is 49.4. The Hall–Kier alpha value is -5.57. The Morgan fingerprint density at radius 2 is 1.13 bits per heavy atom. The zero-order valence-corrected chi connectivity index (χ0v) is 46.9. The van der Waals surface area contributed by atoms with Crippen molar-refractivity contribution in [3.8, 4) is 67.5 Å². The smallest absolute Gasteiger partial charge is 0.148 e. The molecule has 4 nitrogen and oxygen atoms in total. The first-order valence-corrected chi connectivity index (χ1v) is 24.6. The SMILES string of the molecule is [2H]C(C)(C)c1cc(-c2ccc(-n3c(-c4cc(C(C)(C)C)cc(C(C)(C)C)c4O)nc4c(-c5[c-]c(-c6cc(-c7ccc(C(C)(C)C)cc7)ccn6)cc(C(C)(C)C)c5)cccc43)c(C)c2)cc(C([2H])(C)C)c1.[Pt]. The molecule has 70 heavy (non-hydrogen) atoms. The average molecular weight is 1110 g/mol. The van der Waals surface area contributed by atoms with Crippen molar-refractivity contribution in [2.75, 3.05) is 0 Å². The van der Waals surface area contributed by atoms with E-state index >= 15 is 0 Å². The standard InChI is InChI=1S/C65H74N3O.Pt/c1-39(2)45-30-46(40(3)4)32-47(31-45)43-23-26-57(41(5)29-43)68-58-20-18-19-53(59(58)67-61(68)54-37-52(64(12,13)14)38-55(60(54)69)65(15,16)17)48-33-49(35-51(34-48)63(9,10)11)56-36-44(27-28-66-56)42-21-24-50(25-22-42)62(6,7)8;/h18-32,34-40,69H,1-17H3;/q-1;/i39D,40D;. The van der Waals surface area contributed by atoms with E-state index in [1.165, 1.54) is 5.56 Å². The Labute approximate surface area is 437 Å². The first-order chi connectivity index (χ1) is 32.8. The molecule has 5 heteroatoms. The van der Waals surface area contributed by atoms with E-state index in [2.05, 4.69) is 210 Å². The van der Waals surface area contributed by atoms with Crippen LogP contribution in [-0.4, -0.2) is 19.6 Å². The number of aryl methyl sites for hydroxylation is 1. The van der Waals surface area contributed by atoms with Gasteiger partial charge in [0.25, 0.3) is 0 Å². The summed E-state index contributed by atoms with van der Waals surface area (Å²) in [6.45, 7) is 36.3. The van der Waals surface area contributed by atoms with Gasteiger partial charge in [-0.05, 0) is 121 Å². The van der Waals surface area contributed by atoms with Gasteiger partial charge in [0, 0.05) is 41.3 Å². The first-order valence-electron chi connectivity index (χ1n) is 25.6. The summed E-state index contributed by atoms with van der Waals surface area (Å²) in [5, 5.41) is 12.5. The van der Waals surface area contributed by atoms with Gasteiger partial charge in [0.1, 0.15) is 11.6 Å². The zero-order valence-electron chi connectivity index (χ0n) is 46.7. The van der Waals surface area contributed by atoms with E-state index in [1.54, 1.807) is 0 Å². The van der Waals surface area contributed by atoms with Gasteiger partial charge in [-0.25, -0.2) is 4.98 Å². The molecular formula is C65H74N3OPt-. The molecule has 6 aromatic carbocycles.